The second kappa shape index (κ2) is 4.79. The number of aliphatic carboxylic acids is 1. The summed E-state index contributed by atoms with van der Waals surface area (Å²) in [7, 11) is 0. The number of carbonyl (C=O) groups excluding carboxylic acids is 1. The third-order valence-electron chi connectivity index (χ3n) is 4.90. The van der Waals surface area contributed by atoms with Crippen LogP contribution in [-0.2, 0) is 9.59 Å². The van der Waals surface area contributed by atoms with Gasteiger partial charge in [0.15, 0.2) is 0 Å². The average molecular weight is 295 g/mol. The van der Waals surface area contributed by atoms with E-state index in [4.69, 9.17) is 5.73 Å². The van der Waals surface area contributed by atoms with Crippen molar-refractivity contribution in [3.63, 3.8) is 0 Å². The van der Waals surface area contributed by atoms with Crippen molar-refractivity contribution in [2.24, 2.45) is 17.6 Å². The van der Waals surface area contributed by atoms with Crippen molar-refractivity contribution in [3.8, 4) is 0 Å². The smallest absolute Gasteiger partial charge is 0.352 e. The summed E-state index contributed by atoms with van der Waals surface area (Å²) < 4.78 is 0. The summed E-state index contributed by atoms with van der Waals surface area (Å²) in [6, 6.07) is -0.0759. The Morgan fingerprint density at radius 2 is 2.10 bits per heavy atom. The third kappa shape index (κ3) is 1.99. The molecule has 7 heteroatoms. The van der Waals surface area contributed by atoms with Crippen LogP contribution in [0, 0.1) is 11.8 Å². The van der Waals surface area contributed by atoms with E-state index in [2.05, 4.69) is 4.90 Å². The van der Waals surface area contributed by atoms with Gasteiger partial charge in [-0.1, -0.05) is 6.92 Å². The van der Waals surface area contributed by atoms with Gasteiger partial charge in [0.1, 0.15) is 5.70 Å². The Labute approximate surface area is 123 Å². The lowest BCUT2D eigenvalue weighted by molar-refractivity contribution is -0.163. The van der Waals surface area contributed by atoms with Crippen molar-refractivity contribution >= 4 is 11.9 Å². The first-order chi connectivity index (χ1) is 9.82. The fraction of sp³-hybridized carbons (Fsp3) is 0.714. The van der Waals surface area contributed by atoms with Gasteiger partial charge in [-0.3, -0.25) is 9.69 Å². The zero-order chi connectivity index (χ0) is 15.5. The molecular weight excluding hydrogens is 274 g/mol. The van der Waals surface area contributed by atoms with E-state index < -0.39 is 18.0 Å². The van der Waals surface area contributed by atoms with Crippen LogP contribution in [0.4, 0.5) is 0 Å². The van der Waals surface area contributed by atoms with Crippen LogP contribution < -0.4 is 5.73 Å². The number of hydrogen-bond donors (Lipinski definition) is 3. The summed E-state index contributed by atoms with van der Waals surface area (Å²) in [5.41, 5.74) is 6.63. The van der Waals surface area contributed by atoms with Crippen molar-refractivity contribution in [2.45, 2.75) is 32.0 Å². The minimum absolute atomic E-state index is 0.0507. The summed E-state index contributed by atoms with van der Waals surface area (Å²) in [5, 5.41) is 19.2. The van der Waals surface area contributed by atoms with Gasteiger partial charge < -0.3 is 20.8 Å². The molecule has 2 fully saturated rings. The Bertz CT molecular complexity index is 524. The van der Waals surface area contributed by atoms with Gasteiger partial charge >= 0.3 is 5.97 Å². The summed E-state index contributed by atoms with van der Waals surface area (Å²) in [6.07, 6.45) is -0.756. The zero-order valence-corrected chi connectivity index (χ0v) is 12.2. The number of nitrogens with two attached hydrogens (primary N) is 1. The molecule has 21 heavy (non-hydrogen) atoms. The number of hydrogen-bond acceptors (Lipinski definition) is 5. The molecule has 0 saturated carbocycles. The first kappa shape index (κ1) is 14.5. The largest absolute Gasteiger partial charge is 0.477 e. The molecule has 3 heterocycles. The van der Waals surface area contributed by atoms with E-state index in [0.717, 1.165) is 18.7 Å². The molecule has 3 aliphatic rings. The van der Waals surface area contributed by atoms with E-state index in [0.29, 0.717) is 6.54 Å². The highest BCUT2D eigenvalue weighted by Gasteiger charge is 2.59. The van der Waals surface area contributed by atoms with E-state index in [1.807, 2.05) is 6.92 Å². The van der Waals surface area contributed by atoms with Gasteiger partial charge in [-0.15, -0.1) is 0 Å². The molecule has 1 amide bonds. The van der Waals surface area contributed by atoms with Crippen LogP contribution >= 0.6 is 0 Å². The maximum Gasteiger partial charge on any atom is 0.352 e. The maximum atomic E-state index is 12.1. The number of likely N-dealkylation sites (tertiary alicyclic amines) is 1. The molecule has 0 aromatic heterocycles. The van der Waals surface area contributed by atoms with E-state index in [1.54, 1.807) is 6.92 Å². The van der Waals surface area contributed by atoms with Crippen molar-refractivity contribution < 1.29 is 19.8 Å². The van der Waals surface area contributed by atoms with Crippen molar-refractivity contribution in [1.29, 1.82) is 0 Å². The van der Waals surface area contributed by atoms with E-state index >= 15 is 0 Å². The molecule has 2 unspecified atom stereocenters. The number of amides is 1. The number of fused-ring (bicyclic) bond motifs is 1. The first-order valence-electron chi connectivity index (χ1n) is 7.28. The van der Waals surface area contributed by atoms with Gasteiger partial charge in [0.2, 0.25) is 5.91 Å². The van der Waals surface area contributed by atoms with Crippen LogP contribution in [0.2, 0.25) is 0 Å². The standard InChI is InChI=1S/C14H21N3O4/c1-6-9(5-16-3-8(15)4-16)12(14(20)21)17-11(6)10(7(2)18)13(17)19/h6-8,10-11,18H,3-5,15H2,1-2H3,(H,20,21)/t6-,7+,10?,11?/m0/s1. The molecule has 0 bridgehead atoms. The molecule has 0 aromatic rings. The fourth-order valence-corrected chi connectivity index (χ4v) is 3.83. The second-order valence-corrected chi connectivity index (χ2v) is 6.39. The second-order valence-electron chi connectivity index (χ2n) is 6.39. The Balaban J connectivity index is 1.86. The number of nitrogens with zero attached hydrogens (tertiary/aromatic N) is 2. The lowest BCUT2D eigenvalue weighted by Crippen LogP contribution is -2.63. The minimum Gasteiger partial charge on any atom is -0.477 e. The average Bonchev–Trinajstić information content (AvgIpc) is 2.58. The molecule has 2 saturated heterocycles. The van der Waals surface area contributed by atoms with Gasteiger partial charge in [0, 0.05) is 31.6 Å². The molecule has 3 aliphatic heterocycles. The highest BCUT2D eigenvalue weighted by Crippen LogP contribution is 2.47. The number of carbonyl (C=O) groups is 2. The lowest BCUT2D eigenvalue weighted by atomic mass is 9.77. The van der Waals surface area contributed by atoms with Gasteiger partial charge in [-0.2, -0.15) is 0 Å². The van der Waals surface area contributed by atoms with E-state index in [1.165, 1.54) is 4.90 Å². The fourth-order valence-electron chi connectivity index (χ4n) is 3.83. The van der Waals surface area contributed by atoms with Crippen molar-refractivity contribution in [2.75, 3.05) is 19.6 Å². The quantitative estimate of drug-likeness (QED) is 0.564. The minimum atomic E-state index is -1.07. The number of aliphatic hydroxyl groups is 1. The predicted molar refractivity (Wildman–Crippen MR) is 74.0 cm³/mol. The number of carboxylic acids is 1. The molecule has 7 nitrogen and oxygen atoms in total. The lowest BCUT2D eigenvalue weighted by Gasteiger charge is -2.46. The molecule has 0 aromatic carbocycles. The van der Waals surface area contributed by atoms with Crippen LogP contribution in [0.3, 0.4) is 0 Å². The SMILES string of the molecule is C[C@@H](O)C1C(=O)N2C(C(=O)O)=C(CN3CC(N)C3)[C@H](C)C12. The monoisotopic (exact) mass is 295 g/mol. The Hall–Kier alpha value is -1.44. The first-order valence-corrected chi connectivity index (χ1v) is 7.28. The van der Waals surface area contributed by atoms with Crippen LogP contribution in [0.5, 0.6) is 0 Å². The normalized spacial score (nSPS) is 34.6. The topological polar surface area (TPSA) is 107 Å². The molecule has 4 atom stereocenters. The highest BCUT2D eigenvalue weighted by molar-refractivity contribution is 6.00. The van der Waals surface area contributed by atoms with Crippen molar-refractivity contribution in [1.82, 2.24) is 9.80 Å². The predicted octanol–water partition coefficient (Wildman–Crippen LogP) is -1.17. The maximum absolute atomic E-state index is 12.1. The zero-order valence-electron chi connectivity index (χ0n) is 12.2. The number of β-lactam (4-membered cyclic amide) rings is 1. The van der Waals surface area contributed by atoms with Crippen LogP contribution in [0.1, 0.15) is 13.8 Å². The van der Waals surface area contributed by atoms with Crippen LogP contribution in [0.25, 0.3) is 0 Å². The summed E-state index contributed by atoms with van der Waals surface area (Å²) in [4.78, 5) is 27.2. The van der Waals surface area contributed by atoms with Gasteiger partial charge in [0.25, 0.3) is 0 Å². The highest BCUT2D eigenvalue weighted by atomic mass is 16.4. The Kier molecular flexibility index (Phi) is 3.31. The van der Waals surface area contributed by atoms with E-state index in [9.17, 15) is 19.8 Å². The van der Waals surface area contributed by atoms with Crippen molar-refractivity contribution in [3.05, 3.63) is 11.3 Å². The molecule has 116 valence electrons. The summed E-state index contributed by atoms with van der Waals surface area (Å²) >= 11 is 0. The molecule has 0 spiro atoms. The number of aliphatic hydroxyl groups excluding tert-OH is 1. The number of rotatable bonds is 4. The number of carboxylic acid groups (broad SMARTS) is 1. The van der Waals surface area contributed by atoms with Gasteiger partial charge in [0.05, 0.1) is 18.1 Å². The molecule has 3 rings (SSSR count). The van der Waals surface area contributed by atoms with Crippen LogP contribution in [-0.4, -0.2) is 69.7 Å². The summed E-state index contributed by atoms with van der Waals surface area (Å²) in [6.45, 7) is 5.55. The van der Waals surface area contributed by atoms with E-state index in [-0.39, 0.29) is 29.6 Å². The Morgan fingerprint density at radius 3 is 2.57 bits per heavy atom. The summed E-state index contributed by atoms with van der Waals surface area (Å²) in [5.74, 6) is -1.90. The molecule has 4 N–H and O–H groups in total. The van der Waals surface area contributed by atoms with Crippen LogP contribution in [0.15, 0.2) is 11.3 Å². The molecule has 0 radical (unpaired) electrons. The third-order valence-corrected chi connectivity index (χ3v) is 4.90. The van der Waals surface area contributed by atoms with Gasteiger partial charge in [-0.05, 0) is 12.5 Å². The molecular formula is C14H21N3O4. The molecule has 0 aliphatic carbocycles. The van der Waals surface area contributed by atoms with Gasteiger partial charge in [-0.25, -0.2) is 4.79 Å². The Morgan fingerprint density at radius 1 is 1.48 bits per heavy atom.